The van der Waals surface area contributed by atoms with Gasteiger partial charge in [-0.3, -0.25) is 10.1 Å². The topological polar surface area (TPSA) is 43.1 Å². The third kappa shape index (κ3) is 2.04. The Kier molecular flexibility index (Phi) is 1.63. The van der Waals surface area contributed by atoms with Gasteiger partial charge in [-0.2, -0.15) is 0 Å². The highest BCUT2D eigenvalue weighted by atomic mass is 35.5. The van der Waals surface area contributed by atoms with Crippen LogP contribution in [0, 0.1) is 10.1 Å². The summed E-state index contributed by atoms with van der Waals surface area (Å²) in [5.74, 6) is 0. The SMILES string of the molecule is [2H]c1c([2H])c([2H])c(-c2cc(Cl)ccc2[N+](=O)[O-])c([2H])c1[2H]. The Hall–Kier alpha value is -1.87. The molecule has 3 nitrogen and oxygen atoms in total. The van der Waals surface area contributed by atoms with Gasteiger partial charge in [0.05, 0.1) is 17.3 Å². The number of rotatable bonds is 2. The molecule has 0 aliphatic heterocycles. The predicted molar refractivity (Wildman–Crippen MR) is 63.5 cm³/mol. The lowest BCUT2D eigenvalue weighted by molar-refractivity contribution is -0.384. The molecule has 0 unspecified atom stereocenters. The van der Waals surface area contributed by atoms with Crippen LogP contribution in [0.25, 0.3) is 11.1 Å². The molecular weight excluding hydrogens is 226 g/mol. The molecule has 0 aliphatic carbocycles. The van der Waals surface area contributed by atoms with E-state index < -0.39 is 35.1 Å². The van der Waals surface area contributed by atoms with E-state index in [1.54, 1.807) is 0 Å². The molecule has 0 aliphatic rings. The van der Waals surface area contributed by atoms with Crippen LogP contribution in [0.15, 0.2) is 48.4 Å². The van der Waals surface area contributed by atoms with E-state index in [9.17, 15) is 10.1 Å². The monoisotopic (exact) mass is 238 g/mol. The number of nitro groups is 1. The van der Waals surface area contributed by atoms with E-state index in [-0.39, 0.29) is 21.8 Å². The fourth-order valence-corrected chi connectivity index (χ4v) is 1.42. The zero-order chi connectivity index (χ0) is 15.9. The third-order valence-corrected chi connectivity index (χ3v) is 2.16. The Balaban J connectivity index is 2.92. The van der Waals surface area contributed by atoms with Gasteiger partial charge in [-0.05, 0) is 17.7 Å². The van der Waals surface area contributed by atoms with Gasteiger partial charge in [0.1, 0.15) is 0 Å². The fourth-order valence-electron chi connectivity index (χ4n) is 1.25. The predicted octanol–water partition coefficient (Wildman–Crippen LogP) is 3.92. The first kappa shape index (κ1) is 6.01. The molecule has 0 saturated heterocycles. The van der Waals surface area contributed by atoms with Crippen LogP contribution >= 0.6 is 11.6 Å². The molecule has 0 fully saturated rings. The molecule has 2 rings (SSSR count). The second-order valence-electron chi connectivity index (χ2n) is 2.92. The Morgan fingerprint density at radius 1 is 1.25 bits per heavy atom. The van der Waals surface area contributed by atoms with Crippen LogP contribution in [0.2, 0.25) is 5.02 Å². The molecule has 0 radical (unpaired) electrons. The molecule has 0 N–H and O–H groups in total. The molecule has 0 saturated carbocycles. The minimum atomic E-state index is -0.688. The summed E-state index contributed by atoms with van der Waals surface area (Å²) in [7, 11) is 0. The van der Waals surface area contributed by atoms with Crippen LogP contribution in [-0.2, 0) is 0 Å². The van der Waals surface area contributed by atoms with E-state index in [1.165, 1.54) is 12.1 Å². The summed E-state index contributed by atoms with van der Waals surface area (Å²) < 4.78 is 38.4. The molecule has 0 spiro atoms. The first-order chi connectivity index (χ1) is 9.75. The summed E-state index contributed by atoms with van der Waals surface area (Å²) in [5.41, 5.74) is -0.724. The number of benzene rings is 2. The van der Waals surface area contributed by atoms with Crippen molar-refractivity contribution in [1.82, 2.24) is 0 Å². The number of hydrogen-bond acceptors (Lipinski definition) is 2. The van der Waals surface area contributed by atoms with Crippen molar-refractivity contribution in [2.75, 3.05) is 0 Å². The van der Waals surface area contributed by atoms with Crippen LogP contribution in [0.1, 0.15) is 6.85 Å². The van der Waals surface area contributed by atoms with Gasteiger partial charge >= 0.3 is 0 Å². The first-order valence-electron chi connectivity index (χ1n) is 6.77. The Morgan fingerprint density at radius 2 is 1.94 bits per heavy atom. The number of nitro benzene ring substituents is 1. The van der Waals surface area contributed by atoms with Gasteiger partial charge in [0.15, 0.2) is 0 Å². The zero-order valence-corrected chi connectivity index (χ0v) is 8.63. The molecule has 16 heavy (non-hydrogen) atoms. The summed E-state index contributed by atoms with van der Waals surface area (Å²) in [6, 6.07) is 0.974. The Labute approximate surface area is 104 Å². The molecular formula is C12H8ClNO2. The summed E-state index contributed by atoms with van der Waals surface area (Å²) in [4.78, 5) is 10.4. The number of halogens is 1. The largest absolute Gasteiger partial charge is 0.277 e. The maximum Gasteiger partial charge on any atom is 0.277 e. The minimum absolute atomic E-state index is 0.107. The highest BCUT2D eigenvalue weighted by molar-refractivity contribution is 6.31. The lowest BCUT2D eigenvalue weighted by Gasteiger charge is -2.03. The standard InChI is InChI=1S/C12H8ClNO2/c13-10-6-7-12(14(15)16)11(8-10)9-4-2-1-3-5-9/h1-8H/i1D,2D,3D,4D,5D. The molecule has 0 atom stereocenters. The van der Waals surface area contributed by atoms with E-state index in [2.05, 4.69) is 0 Å². The summed E-state index contributed by atoms with van der Waals surface area (Å²) in [6.07, 6.45) is 0. The van der Waals surface area contributed by atoms with Crippen molar-refractivity contribution in [3.8, 4) is 11.1 Å². The molecule has 80 valence electrons. The second-order valence-corrected chi connectivity index (χ2v) is 3.36. The summed E-state index contributed by atoms with van der Waals surface area (Å²) in [6.45, 7) is 0. The zero-order valence-electron chi connectivity index (χ0n) is 12.9. The van der Waals surface area contributed by atoms with Crippen molar-refractivity contribution >= 4 is 17.3 Å². The van der Waals surface area contributed by atoms with E-state index in [4.69, 9.17) is 18.5 Å². The smallest absolute Gasteiger partial charge is 0.258 e. The maximum absolute atomic E-state index is 11.1. The van der Waals surface area contributed by atoms with Crippen LogP contribution in [0.3, 0.4) is 0 Å². The van der Waals surface area contributed by atoms with Gasteiger partial charge in [-0.25, -0.2) is 0 Å². The van der Waals surface area contributed by atoms with Crippen LogP contribution in [-0.4, -0.2) is 4.92 Å². The fraction of sp³-hybridized carbons (Fsp3) is 0. The molecule has 0 bridgehead atoms. The number of nitrogens with zero attached hydrogens (tertiary/aromatic N) is 1. The second kappa shape index (κ2) is 4.33. The van der Waals surface area contributed by atoms with Crippen molar-refractivity contribution < 1.29 is 11.8 Å². The van der Waals surface area contributed by atoms with E-state index in [0.717, 1.165) is 6.07 Å². The molecule has 2 aromatic rings. The third-order valence-electron chi connectivity index (χ3n) is 1.92. The average Bonchev–Trinajstić information content (AvgIpc) is 2.43. The Morgan fingerprint density at radius 3 is 2.56 bits per heavy atom. The van der Waals surface area contributed by atoms with Gasteiger partial charge in [-0.1, -0.05) is 41.8 Å². The lowest BCUT2D eigenvalue weighted by atomic mass is 10.0. The molecule has 2 aromatic carbocycles. The quantitative estimate of drug-likeness (QED) is 0.588. The highest BCUT2D eigenvalue weighted by Crippen LogP contribution is 2.31. The van der Waals surface area contributed by atoms with Crippen molar-refractivity contribution in [3.05, 3.63) is 63.5 Å². The van der Waals surface area contributed by atoms with Crippen molar-refractivity contribution in [3.63, 3.8) is 0 Å². The van der Waals surface area contributed by atoms with Crippen LogP contribution in [0.4, 0.5) is 5.69 Å². The summed E-state index contributed by atoms with van der Waals surface area (Å²) >= 11 is 5.81. The van der Waals surface area contributed by atoms with Crippen molar-refractivity contribution in [2.24, 2.45) is 0 Å². The minimum Gasteiger partial charge on any atom is -0.258 e. The summed E-state index contributed by atoms with van der Waals surface area (Å²) in [5, 5.41) is 11.2. The average molecular weight is 239 g/mol. The Bertz CT molecular complexity index is 737. The van der Waals surface area contributed by atoms with E-state index in [1.807, 2.05) is 0 Å². The van der Waals surface area contributed by atoms with Gasteiger partial charge in [0, 0.05) is 11.1 Å². The van der Waals surface area contributed by atoms with Crippen LogP contribution in [0.5, 0.6) is 0 Å². The van der Waals surface area contributed by atoms with Crippen molar-refractivity contribution in [2.45, 2.75) is 0 Å². The molecule has 0 heterocycles. The molecule has 0 aromatic heterocycles. The van der Waals surface area contributed by atoms with Gasteiger partial charge in [0.25, 0.3) is 5.69 Å². The van der Waals surface area contributed by atoms with Crippen LogP contribution < -0.4 is 0 Å². The number of hydrogen-bond donors (Lipinski definition) is 0. The van der Waals surface area contributed by atoms with Gasteiger partial charge in [-0.15, -0.1) is 0 Å². The highest BCUT2D eigenvalue weighted by Gasteiger charge is 2.14. The molecule has 0 amide bonds. The van der Waals surface area contributed by atoms with Crippen molar-refractivity contribution in [1.29, 1.82) is 0 Å². The van der Waals surface area contributed by atoms with Gasteiger partial charge < -0.3 is 0 Å². The molecule has 4 heteroatoms. The van der Waals surface area contributed by atoms with E-state index in [0.29, 0.717) is 0 Å². The first-order valence-corrected chi connectivity index (χ1v) is 4.64. The maximum atomic E-state index is 11.1. The van der Waals surface area contributed by atoms with E-state index >= 15 is 0 Å². The normalized spacial score (nSPS) is 14.4. The van der Waals surface area contributed by atoms with Gasteiger partial charge in [0.2, 0.25) is 0 Å². The lowest BCUT2D eigenvalue weighted by Crippen LogP contribution is -1.91.